The lowest BCUT2D eigenvalue weighted by Crippen LogP contribution is -2.32. The van der Waals surface area contributed by atoms with E-state index in [0.29, 0.717) is 12.5 Å². The number of rotatable bonds is 1. The summed E-state index contributed by atoms with van der Waals surface area (Å²) in [5.74, 6) is 6.35. The zero-order valence-corrected chi connectivity index (χ0v) is 8.47. The smallest absolute Gasteiger partial charge is 0.0462 e. The zero-order chi connectivity index (χ0) is 9.28. The van der Waals surface area contributed by atoms with Gasteiger partial charge in [-0.1, -0.05) is 12.2 Å². The molecule has 14 heavy (non-hydrogen) atoms. The van der Waals surface area contributed by atoms with Gasteiger partial charge in [0, 0.05) is 6.61 Å². The van der Waals surface area contributed by atoms with Crippen molar-refractivity contribution in [2.45, 2.75) is 19.3 Å². The molecular formula is C13H18O. The highest BCUT2D eigenvalue weighted by Gasteiger charge is 2.60. The molecule has 0 aromatic rings. The third-order valence-corrected chi connectivity index (χ3v) is 5.64. The molecule has 4 aliphatic carbocycles. The molecule has 0 aliphatic heterocycles. The van der Waals surface area contributed by atoms with Crippen LogP contribution < -0.4 is 0 Å². The normalized spacial score (nSPS) is 62.5. The van der Waals surface area contributed by atoms with Crippen LogP contribution in [-0.4, -0.2) is 11.7 Å². The Bertz CT molecular complexity index is 296. The van der Waals surface area contributed by atoms with Crippen LogP contribution in [0.5, 0.6) is 0 Å². The average molecular weight is 190 g/mol. The van der Waals surface area contributed by atoms with Gasteiger partial charge in [-0.25, -0.2) is 0 Å². The summed E-state index contributed by atoms with van der Waals surface area (Å²) in [5.41, 5.74) is 0. The predicted molar refractivity (Wildman–Crippen MR) is 54.5 cm³/mol. The Labute approximate surface area is 85.2 Å². The summed E-state index contributed by atoms with van der Waals surface area (Å²) >= 11 is 0. The summed E-state index contributed by atoms with van der Waals surface area (Å²) < 4.78 is 0. The summed E-state index contributed by atoms with van der Waals surface area (Å²) in [5, 5.41) is 9.36. The number of aliphatic hydroxyl groups is 1. The van der Waals surface area contributed by atoms with Gasteiger partial charge < -0.3 is 5.11 Å². The Balaban J connectivity index is 1.72. The lowest BCUT2D eigenvalue weighted by atomic mass is 9.70. The first-order valence-electron chi connectivity index (χ1n) is 6.17. The van der Waals surface area contributed by atoms with Gasteiger partial charge in [-0.15, -0.1) is 0 Å². The molecule has 0 aromatic heterocycles. The SMILES string of the molecule is OCC1CC2CC1C1C3C=CC(C3)C21. The Morgan fingerprint density at radius 3 is 2.57 bits per heavy atom. The van der Waals surface area contributed by atoms with Gasteiger partial charge >= 0.3 is 0 Å². The van der Waals surface area contributed by atoms with Crippen LogP contribution in [0, 0.1) is 41.4 Å². The van der Waals surface area contributed by atoms with Crippen molar-refractivity contribution in [2.75, 3.05) is 6.61 Å². The third kappa shape index (κ3) is 0.735. The van der Waals surface area contributed by atoms with Crippen LogP contribution in [0.1, 0.15) is 19.3 Å². The summed E-state index contributed by atoms with van der Waals surface area (Å²) in [4.78, 5) is 0. The van der Waals surface area contributed by atoms with Crippen molar-refractivity contribution in [3.05, 3.63) is 12.2 Å². The van der Waals surface area contributed by atoms with E-state index in [9.17, 15) is 5.11 Å². The molecule has 1 heteroatoms. The first kappa shape index (κ1) is 7.92. The second kappa shape index (κ2) is 2.44. The summed E-state index contributed by atoms with van der Waals surface area (Å²) in [6.07, 6.45) is 9.18. The van der Waals surface area contributed by atoms with Crippen molar-refractivity contribution in [2.24, 2.45) is 41.4 Å². The fourth-order valence-electron chi connectivity index (χ4n) is 5.36. The van der Waals surface area contributed by atoms with E-state index in [4.69, 9.17) is 0 Å². The van der Waals surface area contributed by atoms with Gasteiger partial charge in [0.05, 0.1) is 0 Å². The van der Waals surface area contributed by atoms with Crippen molar-refractivity contribution in [1.82, 2.24) is 0 Å². The van der Waals surface area contributed by atoms with Gasteiger partial charge in [-0.05, 0) is 60.7 Å². The van der Waals surface area contributed by atoms with E-state index in [2.05, 4.69) is 12.2 Å². The lowest BCUT2D eigenvalue weighted by molar-refractivity contribution is 0.0995. The third-order valence-electron chi connectivity index (χ3n) is 5.64. The first-order chi connectivity index (χ1) is 6.88. The molecule has 0 saturated heterocycles. The minimum atomic E-state index is 0.450. The number of hydrogen-bond acceptors (Lipinski definition) is 1. The fraction of sp³-hybridized carbons (Fsp3) is 0.846. The van der Waals surface area contributed by atoms with E-state index in [0.717, 1.165) is 35.5 Å². The maximum absolute atomic E-state index is 9.36. The Hall–Kier alpha value is -0.300. The number of aliphatic hydroxyl groups excluding tert-OH is 1. The standard InChI is InChI=1S/C13H18O/c14-6-10-4-9-5-11(10)13-8-2-1-7(3-8)12(9)13/h1-2,7-14H,3-6H2. The molecule has 3 saturated carbocycles. The summed E-state index contributed by atoms with van der Waals surface area (Å²) in [7, 11) is 0. The average Bonchev–Trinajstić information content (AvgIpc) is 2.94. The molecule has 4 rings (SSSR count). The number of allylic oxidation sites excluding steroid dienone is 2. The van der Waals surface area contributed by atoms with E-state index < -0.39 is 0 Å². The van der Waals surface area contributed by atoms with E-state index in [1.807, 2.05) is 0 Å². The minimum absolute atomic E-state index is 0.450. The highest BCUT2D eigenvalue weighted by Crippen LogP contribution is 2.66. The molecule has 0 aromatic carbocycles. The highest BCUT2D eigenvalue weighted by molar-refractivity contribution is 5.20. The molecule has 1 N–H and O–H groups in total. The first-order valence-corrected chi connectivity index (χ1v) is 6.17. The maximum atomic E-state index is 9.36. The van der Waals surface area contributed by atoms with E-state index in [-0.39, 0.29) is 0 Å². The van der Waals surface area contributed by atoms with Crippen molar-refractivity contribution in [1.29, 1.82) is 0 Å². The molecule has 0 amide bonds. The Kier molecular flexibility index (Phi) is 1.38. The molecule has 0 radical (unpaired) electrons. The summed E-state index contributed by atoms with van der Waals surface area (Å²) in [6.45, 7) is 0.450. The molecule has 7 unspecified atom stereocenters. The van der Waals surface area contributed by atoms with Gasteiger partial charge in [0.15, 0.2) is 0 Å². The second-order valence-electron chi connectivity index (χ2n) is 5.94. The van der Waals surface area contributed by atoms with Crippen LogP contribution in [0.15, 0.2) is 12.2 Å². The fourth-order valence-corrected chi connectivity index (χ4v) is 5.36. The van der Waals surface area contributed by atoms with Crippen LogP contribution in [0.25, 0.3) is 0 Å². The zero-order valence-electron chi connectivity index (χ0n) is 8.47. The lowest BCUT2D eigenvalue weighted by Gasteiger charge is -2.35. The van der Waals surface area contributed by atoms with Crippen molar-refractivity contribution in [3.8, 4) is 0 Å². The van der Waals surface area contributed by atoms with Crippen LogP contribution in [0.4, 0.5) is 0 Å². The van der Waals surface area contributed by atoms with Gasteiger partial charge in [0.2, 0.25) is 0 Å². The minimum Gasteiger partial charge on any atom is -0.396 e. The van der Waals surface area contributed by atoms with Crippen molar-refractivity contribution < 1.29 is 5.11 Å². The van der Waals surface area contributed by atoms with Crippen LogP contribution in [-0.2, 0) is 0 Å². The Morgan fingerprint density at radius 2 is 1.79 bits per heavy atom. The quantitative estimate of drug-likeness (QED) is 0.496. The van der Waals surface area contributed by atoms with Crippen LogP contribution in [0.3, 0.4) is 0 Å². The second-order valence-corrected chi connectivity index (χ2v) is 5.94. The van der Waals surface area contributed by atoms with Crippen LogP contribution >= 0.6 is 0 Å². The van der Waals surface area contributed by atoms with E-state index >= 15 is 0 Å². The largest absolute Gasteiger partial charge is 0.396 e. The molecule has 4 aliphatic rings. The van der Waals surface area contributed by atoms with E-state index in [1.165, 1.54) is 19.3 Å². The molecule has 76 valence electrons. The predicted octanol–water partition coefficient (Wildman–Crippen LogP) is 2.07. The topological polar surface area (TPSA) is 20.2 Å². The Morgan fingerprint density at radius 1 is 1.00 bits per heavy atom. The molecule has 0 heterocycles. The van der Waals surface area contributed by atoms with Crippen molar-refractivity contribution >= 4 is 0 Å². The number of fused-ring (bicyclic) bond motifs is 9. The molecular weight excluding hydrogens is 172 g/mol. The monoisotopic (exact) mass is 190 g/mol. The van der Waals surface area contributed by atoms with E-state index in [1.54, 1.807) is 0 Å². The molecule has 7 atom stereocenters. The highest BCUT2D eigenvalue weighted by atomic mass is 16.3. The van der Waals surface area contributed by atoms with Gasteiger partial charge in [-0.2, -0.15) is 0 Å². The summed E-state index contributed by atoms with van der Waals surface area (Å²) in [6, 6.07) is 0. The van der Waals surface area contributed by atoms with Gasteiger partial charge in [0.1, 0.15) is 0 Å². The molecule has 1 nitrogen and oxygen atoms in total. The molecule has 4 bridgehead atoms. The van der Waals surface area contributed by atoms with Gasteiger partial charge in [0.25, 0.3) is 0 Å². The molecule has 0 spiro atoms. The molecule has 3 fully saturated rings. The maximum Gasteiger partial charge on any atom is 0.0462 e. The van der Waals surface area contributed by atoms with Gasteiger partial charge in [-0.3, -0.25) is 0 Å². The number of hydrogen-bond donors (Lipinski definition) is 1. The van der Waals surface area contributed by atoms with Crippen molar-refractivity contribution in [3.63, 3.8) is 0 Å². The van der Waals surface area contributed by atoms with Crippen LogP contribution in [0.2, 0.25) is 0 Å².